The molecule has 1 fully saturated rings. The molecule has 4 nitrogen and oxygen atoms in total. The van der Waals surface area contributed by atoms with Gasteiger partial charge in [-0.1, -0.05) is 23.7 Å². The zero-order valence-electron chi connectivity index (χ0n) is 11.9. The summed E-state index contributed by atoms with van der Waals surface area (Å²) in [5.41, 5.74) is 7.15. The first-order valence-electron chi connectivity index (χ1n) is 6.95. The van der Waals surface area contributed by atoms with Crippen LogP contribution >= 0.6 is 11.6 Å². The molecule has 0 spiro atoms. The summed E-state index contributed by atoms with van der Waals surface area (Å²) in [6.07, 6.45) is 2.65. The van der Waals surface area contributed by atoms with Crippen molar-refractivity contribution in [1.29, 1.82) is 5.41 Å². The highest BCUT2D eigenvalue weighted by molar-refractivity contribution is 6.31. The molecule has 0 aliphatic heterocycles. The molecule has 0 saturated heterocycles. The molecule has 0 amide bonds. The molecule has 2 rings (SSSR count). The molecular formula is C15H22ClN3O. The van der Waals surface area contributed by atoms with Gasteiger partial charge in [0.25, 0.3) is 0 Å². The van der Waals surface area contributed by atoms with Crippen molar-refractivity contribution in [1.82, 2.24) is 4.90 Å². The molecule has 110 valence electrons. The lowest BCUT2D eigenvalue weighted by molar-refractivity contribution is 0.102. The quantitative estimate of drug-likeness (QED) is 0.440. The third kappa shape index (κ3) is 4.78. The average molecular weight is 296 g/mol. The van der Waals surface area contributed by atoms with Crippen molar-refractivity contribution in [2.45, 2.75) is 19.4 Å². The van der Waals surface area contributed by atoms with Crippen molar-refractivity contribution in [2.24, 2.45) is 11.7 Å². The molecule has 0 unspecified atom stereocenters. The van der Waals surface area contributed by atoms with E-state index < -0.39 is 0 Å². The van der Waals surface area contributed by atoms with Crippen molar-refractivity contribution in [3.63, 3.8) is 0 Å². The SMILES string of the molecule is CN(CCOCC1CC1)Cc1ccc(C(=N)N)cc1Cl. The summed E-state index contributed by atoms with van der Waals surface area (Å²) in [4.78, 5) is 2.18. The highest BCUT2D eigenvalue weighted by Gasteiger charge is 2.20. The average Bonchev–Trinajstić information content (AvgIpc) is 3.21. The van der Waals surface area contributed by atoms with E-state index in [0.29, 0.717) is 10.6 Å². The minimum Gasteiger partial charge on any atom is -0.384 e. The number of nitrogen functional groups attached to an aromatic ring is 1. The van der Waals surface area contributed by atoms with E-state index in [9.17, 15) is 0 Å². The van der Waals surface area contributed by atoms with Gasteiger partial charge < -0.3 is 10.5 Å². The number of benzene rings is 1. The Morgan fingerprint density at radius 1 is 1.50 bits per heavy atom. The standard InChI is InChI=1S/C15H22ClN3O/c1-19(6-7-20-10-11-2-3-11)9-13-5-4-12(15(17)18)8-14(13)16/h4-5,8,11H,2-3,6-7,9-10H2,1H3,(H3,17,18). The Morgan fingerprint density at radius 2 is 2.25 bits per heavy atom. The second-order valence-corrected chi connectivity index (χ2v) is 5.88. The Kier molecular flexibility index (Phi) is 5.40. The van der Waals surface area contributed by atoms with Gasteiger partial charge in [0, 0.05) is 30.3 Å². The highest BCUT2D eigenvalue weighted by Crippen LogP contribution is 2.28. The predicted molar refractivity (Wildman–Crippen MR) is 82.3 cm³/mol. The molecule has 3 N–H and O–H groups in total. The van der Waals surface area contributed by atoms with E-state index in [-0.39, 0.29) is 5.84 Å². The third-order valence-electron chi connectivity index (χ3n) is 3.47. The first-order chi connectivity index (χ1) is 9.56. The van der Waals surface area contributed by atoms with Gasteiger partial charge in [-0.05, 0) is 37.4 Å². The van der Waals surface area contributed by atoms with Crippen LogP contribution in [-0.2, 0) is 11.3 Å². The van der Waals surface area contributed by atoms with Crippen LogP contribution in [0.1, 0.15) is 24.0 Å². The molecular weight excluding hydrogens is 274 g/mol. The van der Waals surface area contributed by atoms with Crippen molar-refractivity contribution < 1.29 is 4.74 Å². The number of hydrogen-bond acceptors (Lipinski definition) is 3. The Morgan fingerprint density at radius 3 is 2.85 bits per heavy atom. The fraction of sp³-hybridized carbons (Fsp3) is 0.533. The molecule has 1 aromatic rings. The van der Waals surface area contributed by atoms with Gasteiger partial charge in [0.15, 0.2) is 0 Å². The fourth-order valence-corrected chi connectivity index (χ4v) is 2.21. The normalized spacial score (nSPS) is 14.8. The summed E-state index contributed by atoms with van der Waals surface area (Å²) >= 11 is 6.22. The van der Waals surface area contributed by atoms with E-state index >= 15 is 0 Å². The van der Waals surface area contributed by atoms with Gasteiger partial charge in [-0.2, -0.15) is 0 Å². The van der Waals surface area contributed by atoms with Crippen LogP contribution in [0.3, 0.4) is 0 Å². The van der Waals surface area contributed by atoms with Crippen LogP contribution in [0, 0.1) is 11.3 Å². The lowest BCUT2D eigenvalue weighted by Crippen LogP contribution is -2.23. The van der Waals surface area contributed by atoms with E-state index in [2.05, 4.69) is 11.9 Å². The predicted octanol–water partition coefficient (Wildman–Crippen LogP) is 2.48. The van der Waals surface area contributed by atoms with E-state index in [1.165, 1.54) is 12.8 Å². The molecule has 0 atom stereocenters. The van der Waals surface area contributed by atoms with Crippen molar-refractivity contribution >= 4 is 17.4 Å². The number of nitrogens with one attached hydrogen (secondary N) is 1. The highest BCUT2D eigenvalue weighted by atomic mass is 35.5. The molecule has 1 aliphatic rings. The largest absolute Gasteiger partial charge is 0.384 e. The molecule has 0 bridgehead atoms. The van der Waals surface area contributed by atoms with Gasteiger partial charge in [0.1, 0.15) is 5.84 Å². The Labute approximate surface area is 125 Å². The number of nitrogens with two attached hydrogens (primary N) is 1. The Bertz CT molecular complexity index is 474. The minimum absolute atomic E-state index is 0.0419. The molecule has 1 aliphatic carbocycles. The van der Waals surface area contributed by atoms with Crippen molar-refractivity contribution in [3.05, 3.63) is 34.3 Å². The first-order valence-corrected chi connectivity index (χ1v) is 7.33. The maximum atomic E-state index is 7.39. The number of nitrogens with zero attached hydrogens (tertiary/aromatic N) is 1. The number of likely N-dealkylation sites (N-methyl/N-ethyl adjacent to an activating group) is 1. The van der Waals surface area contributed by atoms with Gasteiger partial charge in [-0.15, -0.1) is 0 Å². The number of hydrogen-bond donors (Lipinski definition) is 2. The summed E-state index contributed by atoms with van der Waals surface area (Å²) in [6.45, 7) is 3.32. The van der Waals surface area contributed by atoms with Gasteiger partial charge >= 0.3 is 0 Å². The maximum absolute atomic E-state index is 7.39. The number of halogens is 1. The molecule has 20 heavy (non-hydrogen) atoms. The second kappa shape index (κ2) is 7.07. The number of amidine groups is 1. The maximum Gasteiger partial charge on any atom is 0.122 e. The third-order valence-corrected chi connectivity index (χ3v) is 3.82. The topological polar surface area (TPSA) is 62.3 Å². The van der Waals surface area contributed by atoms with Gasteiger partial charge in [-0.25, -0.2) is 0 Å². The molecule has 0 heterocycles. The lowest BCUT2D eigenvalue weighted by Gasteiger charge is -2.17. The van der Waals surface area contributed by atoms with Crippen LogP contribution < -0.4 is 5.73 Å². The fourth-order valence-electron chi connectivity index (χ4n) is 1.97. The number of ether oxygens (including phenoxy) is 1. The smallest absolute Gasteiger partial charge is 0.122 e. The molecule has 1 aromatic carbocycles. The monoisotopic (exact) mass is 295 g/mol. The Hall–Kier alpha value is -1.10. The molecule has 0 aromatic heterocycles. The Balaban J connectivity index is 1.77. The second-order valence-electron chi connectivity index (χ2n) is 5.48. The van der Waals surface area contributed by atoms with Crippen LogP contribution in [0.4, 0.5) is 0 Å². The zero-order chi connectivity index (χ0) is 14.5. The summed E-state index contributed by atoms with van der Waals surface area (Å²) in [5, 5.41) is 8.04. The van der Waals surface area contributed by atoms with E-state index in [0.717, 1.165) is 37.8 Å². The van der Waals surface area contributed by atoms with E-state index in [4.69, 9.17) is 27.5 Å². The lowest BCUT2D eigenvalue weighted by atomic mass is 10.1. The van der Waals surface area contributed by atoms with Gasteiger partial charge in [-0.3, -0.25) is 10.3 Å². The molecule has 1 saturated carbocycles. The number of rotatable bonds is 8. The van der Waals surface area contributed by atoms with Crippen LogP contribution in [0.5, 0.6) is 0 Å². The van der Waals surface area contributed by atoms with Gasteiger partial charge in [0.05, 0.1) is 6.61 Å². The molecule has 5 heteroatoms. The van der Waals surface area contributed by atoms with Gasteiger partial charge in [0.2, 0.25) is 0 Å². The van der Waals surface area contributed by atoms with E-state index in [1.54, 1.807) is 6.07 Å². The van der Waals surface area contributed by atoms with Crippen LogP contribution in [0.25, 0.3) is 0 Å². The van der Waals surface area contributed by atoms with Crippen molar-refractivity contribution in [3.8, 4) is 0 Å². The molecule has 0 radical (unpaired) electrons. The van der Waals surface area contributed by atoms with Crippen molar-refractivity contribution in [2.75, 3.05) is 26.8 Å². The summed E-state index contributed by atoms with van der Waals surface area (Å²) in [5.74, 6) is 0.856. The first kappa shape index (κ1) is 15.3. The summed E-state index contributed by atoms with van der Waals surface area (Å²) < 4.78 is 5.63. The van der Waals surface area contributed by atoms with E-state index in [1.807, 2.05) is 12.1 Å². The van der Waals surface area contributed by atoms with Crippen LogP contribution in [-0.4, -0.2) is 37.5 Å². The zero-order valence-corrected chi connectivity index (χ0v) is 12.6. The van der Waals surface area contributed by atoms with Crippen LogP contribution in [0.15, 0.2) is 18.2 Å². The van der Waals surface area contributed by atoms with Crippen LogP contribution in [0.2, 0.25) is 5.02 Å². The minimum atomic E-state index is 0.0419. The summed E-state index contributed by atoms with van der Waals surface area (Å²) in [6, 6.07) is 5.51. The summed E-state index contributed by atoms with van der Waals surface area (Å²) in [7, 11) is 2.05.